The normalized spacial score (nSPS) is 12.2. The fraction of sp³-hybridized carbons (Fsp3) is 0.500. The van der Waals surface area contributed by atoms with E-state index >= 15 is 0 Å². The van der Waals surface area contributed by atoms with Crippen molar-refractivity contribution < 1.29 is 5.11 Å². The van der Waals surface area contributed by atoms with Crippen LogP contribution >= 0.6 is 24.8 Å². The van der Waals surface area contributed by atoms with Crippen LogP contribution in [0, 0.1) is 0 Å². The van der Waals surface area contributed by atoms with Crippen molar-refractivity contribution in [1.29, 1.82) is 0 Å². The molecule has 0 bridgehead atoms. The first kappa shape index (κ1) is 19.0. The zero-order valence-corrected chi connectivity index (χ0v) is 11.9. The number of nitrogens with one attached hydrogen (secondary N) is 1. The SMILES string of the molecule is CC(C)(N)CNCC(O)c1ccccc1.Cl.Cl. The molecule has 4 N–H and O–H groups in total. The van der Waals surface area contributed by atoms with E-state index in [0.717, 1.165) is 5.56 Å². The molecule has 1 rings (SSSR count). The lowest BCUT2D eigenvalue weighted by Gasteiger charge is -2.20. The third kappa shape index (κ3) is 8.41. The summed E-state index contributed by atoms with van der Waals surface area (Å²) < 4.78 is 0. The summed E-state index contributed by atoms with van der Waals surface area (Å²) >= 11 is 0. The van der Waals surface area contributed by atoms with Gasteiger partial charge in [0.15, 0.2) is 0 Å². The van der Waals surface area contributed by atoms with E-state index in [-0.39, 0.29) is 30.4 Å². The number of halogens is 2. The maximum atomic E-state index is 9.81. The van der Waals surface area contributed by atoms with Crippen molar-refractivity contribution in [2.45, 2.75) is 25.5 Å². The van der Waals surface area contributed by atoms with Crippen LogP contribution in [-0.4, -0.2) is 23.7 Å². The largest absolute Gasteiger partial charge is 0.387 e. The zero-order valence-electron chi connectivity index (χ0n) is 10.2. The van der Waals surface area contributed by atoms with Gasteiger partial charge in [-0.3, -0.25) is 0 Å². The Morgan fingerprint density at radius 2 is 1.76 bits per heavy atom. The van der Waals surface area contributed by atoms with Crippen molar-refractivity contribution in [3.8, 4) is 0 Å². The number of hydrogen-bond donors (Lipinski definition) is 3. The minimum absolute atomic E-state index is 0. The van der Waals surface area contributed by atoms with Gasteiger partial charge in [-0.05, 0) is 19.4 Å². The number of aliphatic hydroxyl groups excluding tert-OH is 1. The molecule has 0 heterocycles. The fourth-order valence-corrected chi connectivity index (χ4v) is 1.32. The second kappa shape index (κ2) is 8.72. The molecule has 17 heavy (non-hydrogen) atoms. The van der Waals surface area contributed by atoms with Crippen LogP contribution in [0.1, 0.15) is 25.5 Å². The van der Waals surface area contributed by atoms with E-state index in [2.05, 4.69) is 5.32 Å². The van der Waals surface area contributed by atoms with E-state index in [1.165, 1.54) is 0 Å². The van der Waals surface area contributed by atoms with E-state index in [1.807, 2.05) is 44.2 Å². The van der Waals surface area contributed by atoms with Crippen LogP contribution in [0.5, 0.6) is 0 Å². The van der Waals surface area contributed by atoms with Crippen LogP contribution in [0.25, 0.3) is 0 Å². The Kier molecular flexibility index (Phi) is 9.77. The standard InChI is InChI=1S/C12H20N2O.2ClH/c1-12(2,13)9-14-8-11(15)10-6-4-3-5-7-10;;/h3-7,11,14-15H,8-9,13H2,1-2H3;2*1H. The summed E-state index contributed by atoms with van der Waals surface area (Å²) in [6.45, 7) is 5.13. The Labute approximate surface area is 116 Å². The van der Waals surface area contributed by atoms with Gasteiger partial charge in [0.2, 0.25) is 0 Å². The van der Waals surface area contributed by atoms with Crippen LogP contribution in [0.2, 0.25) is 0 Å². The Hall–Kier alpha value is -0.320. The molecule has 0 aromatic heterocycles. The van der Waals surface area contributed by atoms with Crippen molar-refractivity contribution in [2.24, 2.45) is 5.73 Å². The Morgan fingerprint density at radius 3 is 2.24 bits per heavy atom. The molecule has 0 saturated heterocycles. The van der Waals surface area contributed by atoms with Gasteiger partial charge in [0.1, 0.15) is 0 Å². The molecular formula is C12H22Cl2N2O. The molecule has 5 heteroatoms. The number of aliphatic hydroxyl groups is 1. The van der Waals surface area contributed by atoms with Crippen molar-refractivity contribution in [2.75, 3.05) is 13.1 Å². The highest BCUT2D eigenvalue weighted by Gasteiger charge is 2.11. The highest BCUT2D eigenvalue weighted by molar-refractivity contribution is 5.85. The van der Waals surface area contributed by atoms with Crippen molar-refractivity contribution in [1.82, 2.24) is 5.32 Å². The average molecular weight is 281 g/mol. The van der Waals surface area contributed by atoms with Crippen LogP contribution in [0.4, 0.5) is 0 Å². The highest BCUT2D eigenvalue weighted by atomic mass is 35.5. The first-order valence-electron chi connectivity index (χ1n) is 5.22. The summed E-state index contributed by atoms with van der Waals surface area (Å²) in [5.41, 5.74) is 6.51. The summed E-state index contributed by atoms with van der Waals surface area (Å²) in [6, 6.07) is 9.61. The number of hydrogen-bond acceptors (Lipinski definition) is 3. The van der Waals surface area contributed by atoms with Gasteiger partial charge < -0.3 is 16.2 Å². The van der Waals surface area contributed by atoms with Crippen LogP contribution in [0.3, 0.4) is 0 Å². The molecule has 1 unspecified atom stereocenters. The first-order chi connectivity index (χ1) is 6.99. The van der Waals surface area contributed by atoms with Gasteiger partial charge in [0.05, 0.1) is 6.10 Å². The van der Waals surface area contributed by atoms with Crippen molar-refractivity contribution in [3.05, 3.63) is 35.9 Å². The van der Waals surface area contributed by atoms with Gasteiger partial charge in [-0.15, -0.1) is 24.8 Å². The molecule has 0 fully saturated rings. The highest BCUT2D eigenvalue weighted by Crippen LogP contribution is 2.10. The van der Waals surface area contributed by atoms with Gasteiger partial charge in [0.25, 0.3) is 0 Å². The molecule has 1 aromatic rings. The predicted octanol–water partition coefficient (Wildman–Crippen LogP) is 1.89. The quantitative estimate of drug-likeness (QED) is 0.772. The molecule has 100 valence electrons. The van der Waals surface area contributed by atoms with E-state index in [4.69, 9.17) is 5.73 Å². The van der Waals surface area contributed by atoms with E-state index in [1.54, 1.807) is 0 Å². The second-order valence-corrected chi connectivity index (χ2v) is 4.55. The maximum Gasteiger partial charge on any atom is 0.0914 e. The fourth-order valence-electron chi connectivity index (χ4n) is 1.32. The number of benzene rings is 1. The van der Waals surface area contributed by atoms with Crippen molar-refractivity contribution >= 4 is 24.8 Å². The molecule has 0 spiro atoms. The van der Waals surface area contributed by atoms with Crippen molar-refractivity contribution in [3.63, 3.8) is 0 Å². The molecule has 0 amide bonds. The molecule has 0 aliphatic heterocycles. The van der Waals surface area contributed by atoms with E-state index in [9.17, 15) is 5.11 Å². The molecule has 1 aromatic carbocycles. The topological polar surface area (TPSA) is 58.3 Å². The van der Waals surface area contributed by atoms with Crippen LogP contribution in [0.15, 0.2) is 30.3 Å². The third-order valence-corrected chi connectivity index (χ3v) is 2.10. The first-order valence-corrected chi connectivity index (χ1v) is 5.22. The molecule has 0 radical (unpaired) electrons. The molecule has 0 aliphatic carbocycles. The molecule has 1 atom stereocenters. The summed E-state index contributed by atoms with van der Waals surface area (Å²) in [5.74, 6) is 0. The third-order valence-electron chi connectivity index (χ3n) is 2.10. The van der Waals surface area contributed by atoms with E-state index < -0.39 is 6.10 Å². The summed E-state index contributed by atoms with van der Waals surface area (Å²) in [4.78, 5) is 0. The van der Waals surface area contributed by atoms with Gasteiger partial charge in [-0.1, -0.05) is 30.3 Å². The van der Waals surface area contributed by atoms with Gasteiger partial charge in [0, 0.05) is 18.6 Å². The summed E-state index contributed by atoms with van der Waals surface area (Å²) in [6.07, 6.45) is -0.464. The zero-order chi connectivity index (χ0) is 11.3. The monoisotopic (exact) mass is 280 g/mol. The minimum atomic E-state index is -0.464. The molecule has 0 saturated carbocycles. The number of rotatable bonds is 5. The Balaban J connectivity index is 0. The molecule has 3 nitrogen and oxygen atoms in total. The van der Waals surface area contributed by atoms with Crippen LogP contribution in [-0.2, 0) is 0 Å². The maximum absolute atomic E-state index is 9.81. The molecular weight excluding hydrogens is 259 g/mol. The Bertz CT molecular complexity index is 288. The predicted molar refractivity (Wildman–Crippen MR) is 77.0 cm³/mol. The number of nitrogens with two attached hydrogens (primary N) is 1. The summed E-state index contributed by atoms with van der Waals surface area (Å²) in [5, 5.41) is 13.0. The lowest BCUT2D eigenvalue weighted by molar-refractivity contribution is 0.172. The lowest BCUT2D eigenvalue weighted by Crippen LogP contribution is -2.44. The second-order valence-electron chi connectivity index (χ2n) is 4.55. The smallest absolute Gasteiger partial charge is 0.0914 e. The van der Waals surface area contributed by atoms with Gasteiger partial charge in [-0.25, -0.2) is 0 Å². The summed E-state index contributed by atoms with van der Waals surface area (Å²) in [7, 11) is 0. The van der Waals surface area contributed by atoms with E-state index in [0.29, 0.717) is 13.1 Å². The molecule has 0 aliphatic rings. The minimum Gasteiger partial charge on any atom is -0.387 e. The Morgan fingerprint density at radius 1 is 1.24 bits per heavy atom. The average Bonchev–Trinajstić information content (AvgIpc) is 2.17. The lowest BCUT2D eigenvalue weighted by atomic mass is 10.1. The van der Waals surface area contributed by atoms with Gasteiger partial charge in [-0.2, -0.15) is 0 Å². The van der Waals surface area contributed by atoms with Gasteiger partial charge >= 0.3 is 0 Å². The van der Waals surface area contributed by atoms with Crippen LogP contribution < -0.4 is 11.1 Å².